The number of esters is 1. The first-order valence-corrected chi connectivity index (χ1v) is 23.1. The highest BCUT2D eigenvalue weighted by Crippen LogP contribution is 2.64. The Bertz CT molecular complexity index is 1110. The van der Waals surface area contributed by atoms with Gasteiger partial charge >= 0.3 is 5.97 Å². The van der Waals surface area contributed by atoms with Gasteiger partial charge in [-0.25, -0.2) is 0 Å². The zero-order chi connectivity index (χ0) is 31.0. The van der Waals surface area contributed by atoms with E-state index in [0.717, 1.165) is 23.7 Å². The van der Waals surface area contributed by atoms with Crippen LogP contribution in [0.4, 0.5) is 0 Å². The van der Waals surface area contributed by atoms with Crippen molar-refractivity contribution in [3.63, 3.8) is 0 Å². The van der Waals surface area contributed by atoms with Crippen LogP contribution in [0.2, 0.25) is 36.8 Å². The standard InChI is InChI=1S/C32H52O6S2Si2/c1-30(2,3)42(9,10)38-23-19-25-28(32(21-27(34-4)35-5)39-17-14-18-40-32)37-22-31(25,29(33)36-6)26(20-23)41(7,8)24-15-12-11-13-16-24/h11-13,15-16,19,25-28H,14,17-18,20-22H2,1-10H3/t25-,26-,28+,31-/m0/s1. The third kappa shape index (κ3) is 6.20. The lowest BCUT2D eigenvalue weighted by atomic mass is 9.67. The van der Waals surface area contributed by atoms with Crippen LogP contribution in [0, 0.1) is 11.3 Å². The molecular formula is C32H52O6S2Si2. The van der Waals surface area contributed by atoms with Crippen molar-refractivity contribution < 1.29 is 28.2 Å². The summed E-state index contributed by atoms with van der Waals surface area (Å²) in [4.78, 5) is 14.3. The van der Waals surface area contributed by atoms with Gasteiger partial charge in [0, 0.05) is 33.0 Å². The molecule has 0 N–H and O–H groups in total. The fraction of sp³-hybridized carbons (Fsp3) is 0.719. The van der Waals surface area contributed by atoms with Gasteiger partial charge < -0.3 is 23.4 Å². The van der Waals surface area contributed by atoms with E-state index in [-0.39, 0.29) is 38.9 Å². The molecule has 4 rings (SSSR count). The number of thioether (sulfide) groups is 2. The molecule has 0 unspecified atom stereocenters. The van der Waals surface area contributed by atoms with E-state index in [1.165, 1.54) is 12.3 Å². The molecule has 4 atom stereocenters. The largest absolute Gasteiger partial charge is 0.547 e. The summed E-state index contributed by atoms with van der Waals surface area (Å²) in [6, 6.07) is 10.8. The van der Waals surface area contributed by atoms with Gasteiger partial charge in [0.1, 0.15) is 5.41 Å². The Labute approximate surface area is 264 Å². The first-order chi connectivity index (χ1) is 19.7. The minimum atomic E-state index is -2.28. The maximum Gasteiger partial charge on any atom is 0.314 e. The molecule has 1 aromatic carbocycles. The van der Waals surface area contributed by atoms with Crippen molar-refractivity contribution in [3.8, 4) is 0 Å². The van der Waals surface area contributed by atoms with E-state index in [1.54, 1.807) is 14.2 Å². The van der Waals surface area contributed by atoms with Crippen molar-refractivity contribution in [2.24, 2.45) is 11.3 Å². The van der Waals surface area contributed by atoms with Crippen LogP contribution >= 0.6 is 23.5 Å². The molecule has 2 saturated heterocycles. The quantitative estimate of drug-likeness (QED) is 0.152. The number of carbonyl (C=O) groups excluding carboxylic acids is 1. The zero-order valence-electron chi connectivity index (χ0n) is 27.3. The van der Waals surface area contributed by atoms with Crippen molar-refractivity contribution >= 4 is 51.1 Å². The van der Waals surface area contributed by atoms with E-state index in [2.05, 4.69) is 83.4 Å². The fourth-order valence-electron chi connectivity index (χ4n) is 6.85. The van der Waals surface area contributed by atoms with E-state index in [4.69, 9.17) is 23.4 Å². The molecule has 2 aliphatic heterocycles. The predicted octanol–water partition coefficient (Wildman–Crippen LogP) is 7.03. The third-order valence-electron chi connectivity index (χ3n) is 10.4. The van der Waals surface area contributed by atoms with Crippen LogP contribution in [0.5, 0.6) is 0 Å². The van der Waals surface area contributed by atoms with Crippen molar-refractivity contribution in [2.75, 3.05) is 39.4 Å². The second-order valence-corrected chi connectivity index (χ2v) is 26.6. The maximum absolute atomic E-state index is 14.3. The Hall–Kier alpha value is -0.756. The summed E-state index contributed by atoms with van der Waals surface area (Å²) in [6.45, 7) is 16.6. The molecule has 0 amide bonds. The summed E-state index contributed by atoms with van der Waals surface area (Å²) in [6.07, 6.45) is 4.24. The van der Waals surface area contributed by atoms with Crippen molar-refractivity contribution in [2.45, 2.75) is 93.3 Å². The van der Waals surface area contributed by atoms with Gasteiger partial charge in [0.05, 0.1) is 37.7 Å². The summed E-state index contributed by atoms with van der Waals surface area (Å²) >= 11 is 3.88. The molecule has 0 radical (unpaired) electrons. The van der Waals surface area contributed by atoms with Crippen LogP contribution in [-0.4, -0.2) is 78.3 Å². The summed E-state index contributed by atoms with van der Waals surface area (Å²) in [5.74, 6) is 2.76. The molecule has 2 fully saturated rings. The zero-order valence-corrected chi connectivity index (χ0v) is 30.9. The van der Waals surface area contributed by atoms with Crippen molar-refractivity contribution in [3.05, 3.63) is 42.2 Å². The fourth-order valence-corrected chi connectivity index (χ4v) is 15.4. The minimum Gasteiger partial charge on any atom is -0.547 e. The third-order valence-corrected chi connectivity index (χ3v) is 22.5. The summed E-state index contributed by atoms with van der Waals surface area (Å²) in [5.41, 5.74) is -0.761. The normalized spacial score (nSPS) is 28.3. The average Bonchev–Trinajstić information content (AvgIpc) is 3.36. The van der Waals surface area contributed by atoms with Crippen molar-refractivity contribution in [1.82, 2.24) is 0 Å². The summed E-state index contributed by atoms with van der Waals surface area (Å²) in [7, 11) is 0.512. The van der Waals surface area contributed by atoms with E-state index in [0.29, 0.717) is 19.4 Å². The molecule has 42 heavy (non-hydrogen) atoms. The van der Waals surface area contributed by atoms with Crippen LogP contribution in [0.25, 0.3) is 0 Å². The summed E-state index contributed by atoms with van der Waals surface area (Å²) in [5, 5.41) is 1.39. The molecule has 0 saturated carbocycles. The van der Waals surface area contributed by atoms with Gasteiger partial charge in [0.25, 0.3) is 0 Å². The number of carbonyl (C=O) groups is 1. The average molecular weight is 653 g/mol. The Balaban J connectivity index is 1.91. The second kappa shape index (κ2) is 12.9. The van der Waals surface area contributed by atoms with E-state index in [1.807, 2.05) is 23.5 Å². The van der Waals surface area contributed by atoms with Crippen LogP contribution in [0.3, 0.4) is 0 Å². The highest BCUT2D eigenvalue weighted by atomic mass is 32.2. The molecule has 3 aliphatic rings. The Kier molecular flexibility index (Phi) is 10.5. The van der Waals surface area contributed by atoms with Gasteiger partial charge in [-0.2, -0.15) is 0 Å². The Morgan fingerprint density at radius 2 is 1.67 bits per heavy atom. The molecule has 236 valence electrons. The molecule has 2 heterocycles. The van der Waals surface area contributed by atoms with Crippen LogP contribution in [-0.2, 0) is 28.2 Å². The molecular weight excluding hydrogens is 601 g/mol. The molecule has 0 bridgehead atoms. The van der Waals surface area contributed by atoms with E-state index >= 15 is 0 Å². The summed E-state index contributed by atoms with van der Waals surface area (Å²) < 4.78 is 31.0. The molecule has 1 aliphatic carbocycles. The van der Waals surface area contributed by atoms with Gasteiger partial charge in [-0.15, -0.1) is 23.5 Å². The number of fused-ring (bicyclic) bond motifs is 1. The van der Waals surface area contributed by atoms with Gasteiger partial charge in [-0.1, -0.05) is 69.4 Å². The highest BCUT2D eigenvalue weighted by molar-refractivity contribution is 8.18. The number of hydrogen-bond acceptors (Lipinski definition) is 8. The lowest BCUT2D eigenvalue weighted by Gasteiger charge is -2.51. The van der Waals surface area contributed by atoms with Crippen LogP contribution in [0.1, 0.15) is 40.0 Å². The van der Waals surface area contributed by atoms with Gasteiger partial charge in [0.15, 0.2) is 6.29 Å². The van der Waals surface area contributed by atoms with Crippen LogP contribution < -0.4 is 5.19 Å². The number of rotatable bonds is 10. The number of methoxy groups -OCH3 is 3. The smallest absolute Gasteiger partial charge is 0.314 e. The molecule has 0 spiro atoms. The second-order valence-electron chi connectivity index (χ2n) is 14.1. The molecule has 10 heteroatoms. The predicted molar refractivity (Wildman–Crippen MR) is 181 cm³/mol. The lowest BCUT2D eigenvalue weighted by Crippen LogP contribution is -2.60. The number of benzene rings is 1. The van der Waals surface area contributed by atoms with Crippen molar-refractivity contribution in [1.29, 1.82) is 0 Å². The first kappa shape index (κ1) is 34.1. The van der Waals surface area contributed by atoms with Gasteiger partial charge in [-0.3, -0.25) is 4.79 Å². The van der Waals surface area contributed by atoms with Crippen LogP contribution in [0.15, 0.2) is 42.2 Å². The topological polar surface area (TPSA) is 63.2 Å². The lowest BCUT2D eigenvalue weighted by molar-refractivity contribution is -0.155. The molecule has 1 aromatic rings. The number of ether oxygens (including phenoxy) is 4. The monoisotopic (exact) mass is 652 g/mol. The highest BCUT2D eigenvalue weighted by Gasteiger charge is 2.68. The number of hydrogen-bond donors (Lipinski definition) is 0. The molecule has 6 nitrogen and oxygen atoms in total. The number of allylic oxidation sites excluding steroid dienone is 1. The van der Waals surface area contributed by atoms with Gasteiger partial charge in [-0.05, 0) is 47.7 Å². The molecule has 0 aromatic heterocycles. The SMILES string of the molecule is COC(=O)[C@@]12CO[C@@H](C3(CC(OC)OC)SCCCS3)[C@@H]1C=C(O[Si](C)(C)C(C)(C)C)C[C@@H]2[Si](C)(C)c1ccccc1. The van der Waals surface area contributed by atoms with E-state index in [9.17, 15) is 4.79 Å². The first-order valence-electron chi connectivity index (χ1n) is 15.2. The van der Waals surface area contributed by atoms with Gasteiger partial charge in [0.2, 0.25) is 8.32 Å². The van der Waals surface area contributed by atoms with E-state index < -0.39 is 21.8 Å². The minimum absolute atomic E-state index is 0.0379. The maximum atomic E-state index is 14.3. The Morgan fingerprint density at radius 3 is 2.21 bits per heavy atom. The Morgan fingerprint density at radius 1 is 1.05 bits per heavy atom.